The maximum atomic E-state index is 9.36. The highest BCUT2D eigenvalue weighted by atomic mass is 15.1. The Morgan fingerprint density at radius 3 is 2.15 bits per heavy atom. The number of rotatable bonds is 11. The number of nitrogens with zero attached hydrogens (tertiary/aromatic N) is 2. The molecule has 1 unspecified atom stereocenters. The summed E-state index contributed by atoms with van der Waals surface area (Å²) < 4.78 is 0. The topological polar surface area (TPSA) is 39.1 Å². The first-order valence-corrected chi connectivity index (χ1v) is 8.27. The first-order valence-electron chi connectivity index (χ1n) is 8.27. The zero-order valence-electron chi connectivity index (χ0n) is 14.5. The predicted molar refractivity (Wildman–Crippen MR) is 87.8 cm³/mol. The molecule has 1 atom stereocenters. The minimum atomic E-state index is -0.389. The summed E-state index contributed by atoms with van der Waals surface area (Å²) in [6.07, 6.45) is 5.87. The van der Waals surface area contributed by atoms with Crippen molar-refractivity contribution >= 4 is 0 Å². The normalized spacial score (nSPS) is 14.8. The maximum absolute atomic E-state index is 9.36. The Morgan fingerprint density at radius 2 is 1.70 bits per heavy atom. The standard InChI is InChI=1S/C17H35N3/c1-7-8-9-12-20(16(4)5)13-10-11-17(6,14-18)19-15(2)3/h15-16,19H,7-13H2,1-6H3. The monoisotopic (exact) mass is 281 g/mol. The van der Waals surface area contributed by atoms with Crippen LogP contribution in [0.25, 0.3) is 0 Å². The molecule has 0 aliphatic heterocycles. The molecule has 0 bridgehead atoms. The molecular weight excluding hydrogens is 246 g/mol. The molecule has 3 heteroatoms. The number of hydrogen-bond acceptors (Lipinski definition) is 3. The number of nitriles is 1. The summed E-state index contributed by atoms with van der Waals surface area (Å²) in [4.78, 5) is 2.54. The highest BCUT2D eigenvalue weighted by Gasteiger charge is 2.24. The lowest BCUT2D eigenvalue weighted by Gasteiger charge is -2.30. The van der Waals surface area contributed by atoms with E-state index in [1.165, 1.54) is 25.8 Å². The van der Waals surface area contributed by atoms with Gasteiger partial charge in [-0.3, -0.25) is 5.32 Å². The van der Waals surface area contributed by atoms with Gasteiger partial charge in [0.1, 0.15) is 5.54 Å². The molecule has 0 heterocycles. The molecule has 0 spiro atoms. The number of hydrogen-bond donors (Lipinski definition) is 1. The Kier molecular flexibility index (Phi) is 9.88. The van der Waals surface area contributed by atoms with Gasteiger partial charge < -0.3 is 4.90 Å². The molecule has 3 nitrogen and oxygen atoms in total. The molecule has 0 saturated carbocycles. The first kappa shape index (κ1) is 19.4. The summed E-state index contributed by atoms with van der Waals surface area (Å²) in [6, 6.07) is 3.38. The summed E-state index contributed by atoms with van der Waals surface area (Å²) in [5.41, 5.74) is -0.389. The highest BCUT2D eigenvalue weighted by molar-refractivity contribution is 5.04. The quantitative estimate of drug-likeness (QED) is 0.583. The van der Waals surface area contributed by atoms with Gasteiger partial charge in [0.25, 0.3) is 0 Å². The molecule has 0 amide bonds. The van der Waals surface area contributed by atoms with Crippen LogP contribution < -0.4 is 5.32 Å². The van der Waals surface area contributed by atoms with Crippen molar-refractivity contribution in [2.24, 2.45) is 0 Å². The molecule has 20 heavy (non-hydrogen) atoms. The fraction of sp³-hybridized carbons (Fsp3) is 0.941. The summed E-state index contributed by atoms with van der Waals surface area (Å²) in [6.45, 7) is 15.3. The largest absolute Gasteiger partial charge is 0.301 e. The van der Waals surface area contributed by atoms with Gasteiger partial charge in [-0.05, 0) is 67.0 Å². The van der Waals surface area contributed by atoms with Crippen LogP contribution in [-0.2, 0) is 0 Å². The Balaban J connectivity index is 4.18. The van der Waals surface area contributed by atoms with Crippen LogP contribution in [0.5, 0.6) is 0 Å². The highest BCUT2D eigenvalue weighted by Crippen LogP contribution is 2.14. The van der Waals surface area contributed by atoms with Crippen LogP contribution in [-0.4, -0.2) is 35.6 Å². The van der Waals surface area contributed by atoms with Crippen molar-refractivity contribution in [2.75, 3.05) is 13.1 Å². The lowest BCUT2D eigenvalue weighted by Crippen LogP contribution is -2.45. The number of unbranched alkanes of at least 4 members (excludes halogenated alkanes) is 2. The second kappa shape index (κ2) is 10.2. The van der Waals surface area contributed by atoms with Gasteiger partial charge in [0, 0.05) is 12.1 Å². The molecule has 0 fully saturated rings. The van der Waals surface area contributed by atoms with Gasteiger partial charge in [0.05, 0.1) is 6.07 Å². The Labute approximate surface area is 126 Å². The van der Waals surface area contributed by atoms with E-state index in [2.05, 4.69) is 50.9 Å². The molecule has 118 valence electrons. The van der Waals surface area contributed by atoms with Gasteiger partial charge in [0.15, 0.2) is 0 Å². The van der Waals surface area contributed by atoms with Crippen LogP contribution in [0.1, 0.15) is 73.6 Å². The van der Waals surface area contributed by atoms with Gasteiger partial charge in [-0.25, -0.2) is 0 Å². The van der Waals surface area contributed by atoms with Gasteiger partial charge in [-0.2, -0.15) is 5.26 Å². The van der Waals surface area contributed by atoms with E-state index in [1.54, 1.807) is 0 Å². The van der Waals surface area contributed by atoms with Crippen molar-refractivity contribution in [3.05, 3.63) is 0 Å². The molecule has 0 saturated heterocycles. The summed E-state index contributed by atoms with van der Waals surface area (Å²) in [7, 11) is 0. The third kappa shape index (κ3) is 8.55. The molecule has 0 radical (unpaired) electrons. The van der Waals surface area contributed by atoms with Gasteiger partial charge >= 0.3 is 0 Å². The van der Waals surface area contributed by atoms with Crippen molar-refractivity contribution in [2.45, 2.75) is 91.3 Å². The molecule has 0 aromatic rings. The Morgan fingerprint density at radius 1 is 1.10 bits per heavy atom. The molecule has 0 aliphatic carbocycles. The predicted octanol–water partition coefficient (Wildman–Crippen LogP) is 3.95. The fourth-order valence-corrected chi connectivity index (χ4v) is 2.63. The average molecular weight is 281 g/mol. The molecule has 0 aliphatic rings. The van der Waals surface area contributed by atoms with Crippen LogP contribution in [0.3, 0.4) is 0 Å². The maximum Gasteiger partial charge on any atom is 0.104 e. The summed E-state index contributed by atoms with van der Waals surface area (Å²) >= 11 is 0. The number of nitrogens with one attached hydrogen (secondary N) is 1. The third-order valence-corrected chi connectivity index (χ3v) is 3.76. The van der Waals surface area contributed by atoms with Crippen molar-refractivity contribution in [3.8, 4) is 6.07 Å². The SMILES string of the molecule is CCCCCN(CCCC(C)(C#N)NC(C)C)C(C)C. The lowest BCUT2D eigenvalue weighted by atomic mass is 9.96. The second-order valence-electron chi connectivity index (χ2n) is 6.68. The van der Waals surface area contributed by atoms with E-state index in [0.29, 0.717) is 12.1 Å². The minimum absolute atomic E-state index is 0.352. The van der Waals surface area contributed by atoms with Gasteiger partial charge in [0.2, 0.25) is 0 Å². The second-order valence-corrected chi connectivity index (χ2v) is 6.68. The van der Waals surface area contributed by atoms with E-state index < -0.39 is 0 Å². The van der Waals surface area contributed by atoms with E-state index in [9.17, 15) is 5.26 Å². The van der Waals surface area contributed by atoms with E-state index in [1.807, 2.05) is 6.92 Å². The third-order valence-electron chi connectivity index (χ3n) is 3.76. The van der Waals surface area contributed by atoms with Crippen LogP contribution in [0.15, 0.2) is 0 Å². The van der Waals surface area contributed by atoms with E-state index in [0.717, 1.165) is 19.4 Å². The lowest BCUT2D eigenvalue weighted by molar-refractivity contribution is 0.206. The zero-order chi connectivity index (χ0) is 15.6. The van der Waals surface area contributed by atoms with Crippen LogP contribution in [0, 0.1) is 11.3 Å². The Bertz CT molecular complexity index is 280. The van der Waals surface area contributed by atoms with Gasteiger partial charge in [-0.15, -0.1) is 0 Å². The zero-order valence-corrected chi connectivity index (χ0v) is 14.5. The smallest absolute Gasteiger partial charge is 0.104 e. The molecule has 0 aromatic carbocycles. The fourth-order valence-electron chi connectivity index (χ4n) is 2.63. The van der Waals surface area contributed by atoms with Crippen molar-refractivity contribution < 1.29 is 0 Å². The van der Waals surface area contributed by atoms with Crippen LogP contribution in [0.2, 0.25) is 0 Å². The van der Waals surface area contributed by atoms with Crippen molar-refractivity contribution in [1.29, 1.82) is 5.26 Å². The minimum Gasteiger partial charge on any atom is -0.301 e. The Hall–Kier alpha value is -0.590. The van der Waals surface area contributed by atoms with Crippen LogP contribution in [0.4, 0.5) is 0 Å². The average Bonchev–Trinajstić information content (AvgIpc) is 2.36. The molecule has 1 N–H and O–H groups in total. The summed E-state index contributed by atoms with van der Waals surface area (Å²) in [5.74, 6) is 0. The first-order chi connectivity index (χ1) is 9.34. The molecule has 0 rings (SSSR count). The van der Waals surface area contributed by atoms with E-state index in [-0.39, 0.29) is 5.54 Å². The molecular formula is C17H35N3. The van der Waals surface area contributed by atoms with Gasteiger partial charge in [-0.1, -0.05) is 19.8 Å². The van der Waals surface area contributed by atoms with E-state index >= 15 is 0 Å². The van der Waals surface area contributed by atoms with Crippen molar-refractivity contribution in [3.63, 3.8) is 0 Å². The van der Waals surface area contributed by atoms with Crippen LogP contribution >= 0.6 is 0 Å². The van der Waals surface area contributed by atoms with Crippen molar-refractivity contribution in [1.82, 2.24) is 10.2 Å². The summed E-state index contributed by atoms with van der Waals surface area (Å²) in [5, 5.41) is 12.7. The molecule has 0 aromatic heterocycles. The van der Waals surface area contributed by atoms with E-state index in [4.69, 9.17) is 0 Å².